The fourth-order valence-electron chi connectivity index (χ4n) is 1.46. The summed E-state index contributed by atoms with van der Waals surface area (Å²) in [5.74, 6) is 0.815. The molecule has 0 amide bonds. The van der Waals surface area contributed by atoms with Gasteiger partial charge in [-0.05, 0) is 34.1 Å². The highest BCUT2D eigenvalue weighted by atomic mass is 79.9. The highest BCUT2D eigenvalue weighted by molar-refractivity contribution is 9.10. The van der Waals surface area contributed by atoms with Crippen molar-refractivity contribution in [1.29, 1.82) is 0 Å². The molecule has 0 aliphatic heterocycles. The topological polar surface area (TPSA) is 31.2 Å². The van der Waals surface area contributed by atoms with E-state index in [9.17, 15) is 4.79 Å². The van der Waals surface area contributed by atoms with Crippen LogP contribution in [0, 0.1) is 0 Å². The standard InChI is InChI=1S/C13H12BrNO2/c14-11-6-7-13(16)15(10-11)8-9-17-12-4-2-1-3-5-12/h1-7,10H,8-9H2. The summed E-state index contributed by atoms with van der Waals surface area (Å²) in [6, 6.07) is 12.8. The zero-order chi connectivity index (χ0) is 12.1. The van der Waals surface area contributed by atoms with Crippen LogP contribution in [0.15, 0.2) is 57.9 Å². The lowest BCUT2D eigenvalue weighted by Crippen LogP contribution is -2.21. The predicted octanol–water partition coefficient (Wildman–Crippen LogP) is 2.69. The first-order valence-corrected chi connectivity index (χ1v) is 6.09. The fraction of sp³-hybridized carbons (Fsp3) is 0.154. The molecule has 2 aromatic rings. The Kier molecular flexibility index (Phi) is 3.98. The first-order chi connectivity index (χ1) is 8.25. The van der Waals surface area contributed by atoms with Crippen LogP contribution in [0.5, 0.6) is 5.75 Å². The molecule has 3 nitrogen and oxygen atoms in total. The number of rotatable bonds is 4. The number of hydrogen-bond donors (Lipinski definition) is 0. The lowest BCUT2D eigenvalue weighted by molar-refractivity contribution is 0.296. The van der Waals surface area contributed by atoms with Crippen molar-refractivity contribution in [2.75, 3.05) is 6.61 Å². The average Bonchev–Trinajstić information content (AvgIpc) is 2.35. The van der Waals surface area contributed by atoms with Gasteiger partial charge in [0.05, 0.1) is 6.54 Å². The normalized spacial score (nSPS) is 10.2. The molecule has 0 bridgehead atoms. The number of halogens is 1. The summed E-state index contributed by atoms with van der Waals surface area (Å²) in [5.41, 5.74) is -0.0233. The van der Waals surface area contributed by atoms with Crippen molar-refractivity contribution in [1.82, 2.24) is 4.57 Å². The summed E-state index contributed by atoms with van der Waals surface area (Å²) >= 11 is 3.33. The summed E-state index contributed by atoms with van der Waals surface area (Å²) in [7, 11) is 0. The highest BCUT2D eigenvalue weighted by Crippen LogP contribution is 2.08. The molecule has 0 unspecified atom stereocenters. The number of hydrogen-bond acceptors (Lipinski definition) is 2. The number of aromatic nitrogens is 1. The van der Waals surface area contributed by atoms with Gasteiger partial charge in [0.1, 0.15) is 12.4 Å². The third kappa shape index (κ3) is 3.46. The number of benzene rings is 1. The molecule has 0 spiro atoms. The molecule has 0 saturated heterocycles. The van der Waals surface area contributed by atoms with Crippen molar-refractivity contribution < 1.29 is 4.74 Å². The maximum atomic E-state index is 11.5. The SMILES string of the molecule is O=c1ccc(Br)cn1CCOc1ccccc1. The van der Waals surface area contributed by atoms with Crippen LogP contribution < -0.4 is 10.3 Å². The van der Waals surface area contributed by atoms with Crippen LogP contribution in [-0.4, -0.2) is 11.2 Å². The molecule has 0 N–H and O–H groups in total. The predicted molar refractivity (Wildman–Crippen MR) is 70.3 cm³/mol. The van der Waals surface area contributed by atoms with Crippen LogP contribution in [0.25, 0.3) is 0 Å². The van der Waals surface area contributed by atoms with Crippen molar-refractivity contribution in [2.45, 2.75) is 6.54 Å². The molecule has 0 saturated carbocycles. The molecule has 0 aliphatic carbocycles. The van der Waals surface area contributed by atoms with E-state index in [4.69, 9.17) is 4.74 Å². The largest absolute Gasteiger partial charge is 0.492 e. The molecule has 17 heavy (non-hydrogen) atoms. The van der Waals surface area contributed by atoms with Gasteiger partial charge < -0.3 is 9.30 Å². The summed E-state index contributed by atoms with van der Waals surface area (Å²) in [6.07, 6.45) is 1.76. The molecule has 1 aromatic carbocycles. The first kappa shape index (κ1) is 11.9. The van der Waals surface area contributed by atoms with Crippen molar-refractivity contribution >= 4 is 15.9 Å². The Morgan fingerprint density at radius 2 is 1.88 bits per heavy atom. The van der Waals surface area contributed by atoms with Crippen molar-refractivity contribution in [3.63, 3.8) is 0 Å². The van der Waals surface area contributed by atoms with E-state index < -0.39 is 0 Å². The molecule has 0 aliphatic rings. The van der Waals surface area contributed by atoms with Gasteiger partial charge in [-0.2, -0.15) is 0 Å². The lowest BCUT2D eigenvalue weighted by atomic mass is 10.3. The summed E-state index contributed by atoms with van der Waals surface area (Å²) in [4.78, 5) is 11.5. The minimum absolute atomic E-state index is 0.0233. The van der Waals surface area contributed by atoms with Crippen LogP contribution in [0.4, 0.5) is 0 Å². The summed E-state index contributed by atoms with van der Waals surface area (Å²) in [5, 5.41) is 0. The summed E-state index contributed by atoms with van der Waals surface area (Å²) < 4.78 is 8.03. The Morgan fingerprint density at radius 1 is 1.12 bits per heavy atom. The van der Waals surface area contributed by atoms with E-state index in [1.165, 1.54) is 6.07 Å². The Bertz CT molecular complexity index is 537. The Balaban J connectivity index is 1.94. The van der Waals surface area contributed by atoms with Gasteiger partial charge >= 0.3 is 0 Å². The molecule has 0 fully saturated rings. The van der Waals surface area contributed by atoms with Crippen LogP contribution >= 0.6 is 15.9 Å². The smallest absolute Gasteiger partial charge is 0.250 e. The van der Waals surface area contributed by atoms with Crippen LogP contribution in [0.3, 0.4) is 0 Å². The number of pyridine rings is 1. The Labute approximate surface area is 108 Å². The Morgan fingerprint density at radius 3 is 2.65 bits per heavy atom. The lowest BCUT2D eigenvalue weighted by Gasteiger charge is -2.08. The van der Waals surface area contributed by atoms with Gasteiger partial charge in [-0.15, -0.1) is 0 Å². The molecule has 0 radical (unpaired) electrons. The quantitative estimate of drug-likeness (QED) is 0.868. The van der Waals surface area contributed by atoms with Gasteiger partial charge in [0, 0.05) is 16.7 Å². The molecular formula is C13H12BrNO2. The molecule has 1 aromatic heterocycles. The van der Waals surface area contributed by atoms with Gasteiger partial charge in [-0.1, -0.05) is 18.2 Å². The van der Waals surface area contributed by atoms with E-state index in [1.807, 2.05) is 30.3 Å². The van der Waals surface area contributed by atoms with Gasteiger partial charge in [0.25, 0.3) is 5.56 Å². The second kappa shape index (κ2) is 5.68. The number of nitrogens with zero attached hydrogens (tertiary/aromatic N) is 1. The fourth-order valence-corrected chi connectivity index (χ4v) is 1.83. The third-order valence-corrected chi connectivity index (χ3v) is 2.76. The Hall–Kier alpha value is -1.55. The molecule has 88 valence electrons. The zero-order valence-electron chi connectivity index (χ0n) is 9.17. The zero-order valence-corrected chi connectivity index (χ0v) is 10.8. The van der Waals surface area contributed by atoms with E-state index >= 15 is 0 Å². The third-order valence-electron chi connectivity index (χ3n) is 2.29. The van der Waals surface area contributed by atoms with Crippen LogP contribution in [0.1, 0.15) is 0 Å². The van der Waals surface area contributed by atoms with E-state index in [2.05, 4.69) is 15.9 Å². The minimum Gasteiger partial charge on any atom is -0.492 e. The minimum atomic E-state index is -0.0233. The van der Waals surface area contributed by atoms with Crippen molar-refractivity contribution in [2.24, 2.45) is 0 Å². The van der Waals surface area contributed by atoms with E-state index in [-0.39, 0.29) is 5.56 Å². The maximum absolute atomic E-state index is 11.5. The number of para-hydroxylation sites is 1. The van der Waals surface area contributed by atoms with Gasteiger partial charge in [-0.3, -0.25) is 4.79 Å². The molecular weight excluding hydrogens is 282 g/mol. The van der Waals surface area contributed by atoms with E-state index in [0.717, 1.165) is 10.2 Å². The van der Waals surface area contributed by atoms with Crippen LogP contribution in [-0.2, 0) is 6.54 Å². The van der Waals surface area contributed by atoms with Crippen LogP contribution in [0.2, 0.25) is 0 Å². The van der Waals surface area contributed by atoms with Crippen molar-refractivity contribution in [3.8, 4) is 5.75 Å². The number of ether oxygens (including phenoxy) is 1. The van der Waals surface area contributed by atoms with Gasteiger partial charge in [0.2, 0.25) is 0 Å². The molecule has 2 rings (SSSR count). The monoisotopic (exact) mass is 293 g/mol. The molecule has 4 heteroatoms. The second-order valence-electron chi connectivity index (χ2n) is 3.54. The molecule has 1 heterocycles. The highest BCUT2D eigenvalue weighted by Gasteiger charge is 1.97. The first-order valence-electron chi connectivity index (χ1n) is 5.29. The average molecular weight is 294 g/mol. The summed E-state index contributed by atoms with van der Waals surface area (Å²) in [6.45, 7) is 1.01. The second-order valence-corrected chi connectivity index (χ2v) is 4.46. The van der Waals surface area contributed by atoms with Gasteiger partial charge in [-0.25, -0.2) is 0 Å². The van der Waals surface area contributed by atoms with Gasteiger partial charge in [0.15, 0.2) is 0 Å². The van der Waals surface area contributed by atoms with E-state index in [1.54, 1.807) is 16.8 Å². The molecule has 0 atom stereocenters. The maximum Gasteiger partial charge on any atom is 0.250 e. The van der Waals surface area contributed by atoms with Crippen molar-refractivity contribution in [3.05, 3.63) is 63.5 Å². The van der Waals surface area contributed by atoms with E-state index in [0.29, 0.717) is 13.2 Å².